The molecule has 0 amide bonds. The van der Waals surface area contributed by atoms with Crippen molar-refractivity contribution < 1.29 is 4.42 Å². The van der Waals surface area contributed by atoms with E-state index in [0.717, 1.165) is 23.9 Å². The molecule has 2 heterocycles. The highest BCUT2D eigenvalue weighted by Gasteiger charge is 2.20. The Kier molecular flexibility index (Phi) is 4.18. The SMILES string of the molecule is CCN1CCC(Cc2nc(C(C)N)co2)CC1. The summed E-state index contributed by atoms with van der Waals surface area (Å²) in [7, 11) is 0. The molecule has 1 aliphatic heterocycles. The van der Waals surface area contributed by atoms with Gasteiger partial charge in [0, 0.05) is 12.5 Å². The zero-order chi connectivity index (χ0) is 12.3. The molecule has 0 saturated carbocycles. The zero-order valence-corrected chi connectivity index (χ0v) is 10.9. The van der Waals surface area contributed by atoms with Crippen molar-refractivity contribution in [3.8, 4) is 0 Å². The number of aromatic nitrogens is 1. The van der Waals surface area contributed by atoms with Crippen LogP contribution in [0.3, 0.4) is 0 Å². The van der Waals surface area contributed by atoms with E-state index in [-0.39, 0.29) is 6.04 Å². The molecule has 1 aliphatic rings. The van der Waals surface area contributed by atoms with E-state index in [1.54, 1.807) is 6.26 Å². The lowest BCUT2D eigenvalue weighted by Crippen LogP contribution is -2.34. The first kappa shape index (κ1) is 12.6. The highest BCUT2D eigenvalue weighted by molar-refractivity contribution is 5.01. The Balaban J connectivity index is 1.84. The van der Waals surface area contributed by atoms with E-state index < -0.39 is 0 Å². The molecule has 0 radical (unpaired) electrons. The first-order valence-electron chi connectivity index (χ1n) is 6.61. The fourth-order valence-corrected chi connectivity index (χ4v) is 2.38. The molecular formula is C13H23N3O. The minimum absolute atomic E-state index is 0.0329. The standard InChI is InChI=1S/C13H23N3O/c1-3-16-6-4-11(5-7-16)8-13-15-12(9-17-13)10(2)14/h9-11H,3-8,14H2,1-2H3. The van der Waals surface area contributed by atoms with Crippen molar-refractivity contribution >= 4 is 0 Å². The molecule has 0 spiro atoms. The summed E-state index contributed by atoms with van der Waals surface area (Å²) in [6.45, 7) is 7.75. The van der Waals surface area contributed by atoms with Gasteiger partial charge in [0.25, 0.3) is 0 Å². The summed E-state index contributed by atoms with van der Waals surface area (Å²) in [6, 6.07) is -0.0329. The third-order valence-electron chi connectivity index (χ3n) is 3.65. The molecule has 1 aromatic rings. The molecule has 0 bridgehead atoms. The molecule has 4 nitrogen and oxygen atoms in total. The summed E-state index contributed by atoms with van der Waals surface area (Å²) in [5.41, 5.74) is 6.63. The van der Waals surface area contributed by atoms with E-state index in [2.05, 4.69) is 16.8 Å². The molecule has 1 fully saturated rings. The molecule has 2 rings (SSSR count). The van der Waals surface area contributed by atoms with Gasteiger partial charge in [0.1, 0.15) is 6.26 Å². The van der Waals surface area contributed by atoms with Crippen LogP contribution in [0.2, 0.25) is 0 Å². The van der Waals surface area contributed by atoms with Crippen LogP contribution in [-0.4, -0.2) is 29.5 Å². The van der Waals surface area contributed by atoms with Gasteiger partial charge in [-0.25, -0.2) is 4.98 Å². The van der Waals surface area contributed by atoms with E-state index in [1.165, 1.54) is 32.5 Å². The second-order valence-corrected chi connectivity index (χ2v) is 5.04. The van der Waals surface area contributed by atoms with Crippen molar-refractivity contribution in [3.63, 3.8) is 0 Å². The van der Waals surface area contributed by atoms with E-state index in [4.69, 9.17) is 10.2 Å². The Labute approximate surface area is 103 Å². The number of piperidine rings is 1. The van der Waals surface area contributed by atoms with Crippen LogP contribution in [0.25, 0.3) is 0 Å². The predicted octanol–water partition coefficient (Wildman–Crippen LogP) is 1.97. The number of oxazole rings is 1. The van der Waals surface area contributed by atoms with Crippen LogP contribution in [-0.2, 0) is 6.42 Å². The van der Waals surface area contributed by atoms with E-state index in [0.29, 0.717) is 0 Å². The smallest absolute Gasteiger partial charge is 0.194 e. The Hall–Kier alpha value is -0.870. The van der Waals surface area contributed by atoms with Gasteiger partial charge >= 0.3 is 0 Å². The highest BCUT2D eigenvalue weighted by atomic mass is 16.3. The third-order valence-corrected chi connectivity index (χ3v) is 3.65. The first-order valence-corrected chi connectivity index (χ1v) is 6.61. The average molecular weight is 237 g/mol. The van der Waals surface area contributed by atoms with Gasteiger partial charge in [-0.15, -0.1) is 0 Å². The molecule has 0 aromatic carbocycles. The van der Waals surface area contributed by atoms with Crippen molar-refractivity contribution in [1.82, 2.24) is 9.88 Å². The topological polar surface area (TPSA) is 55.3 Å². The number of hydrogen-bond acceptors (Lipinski definition) is 4. The fourth-order valence-electron chi connectivity index (χ4n) is 2.38. The van der Waals surface area contributed by atoms with E-state index in [1.807, 2.05) is 6.92 Å². The van der Waals surface area contributed by atoms with E-state index >= 15 is 0 Å². The van der Waals surface area contributed by atoms with Crippen LogP contribution in [0.1, 0.15) is 44.3 Å². The summed E-state index contributed by atoms with van der Waals surface area (Å²) in [5, 5.41) is 0. The number of rotatable bonds is 4. The molecule has 4 heteroatoms. The van der Waals surface area contributed by atoms with Crippen LogP contribution >= 0.6 is 0 Å². The summed E-state index contributed by atoms with van der Waals surface area (Å²) in [4.78, 5) is 6.94. The summed E-state index contributed by atoms with van der Waals surface area (Å²) in [6.07, 6.45) is 5.17. The van der Waals surface area contributed by atoms with Crippen molar-refractivity contribution in [2.24, 2.45) is 11.7 Å². The largest absolute Gasteiger partial charge is 0.449 e. The summed E-state index contributed by atoms with van der Waals surface area (Å²) in [5.74, 6) is 1.57. The Morgan fingerprint density at radius 1 is 1.53 bits per heavy atom. The van der Waals surface area contributed by atoms with Gasteiger partial charge in [0.15, 0.2) is 5.89 Å². The van der Waals surface area contributed by atoms with Crippen molar-refractivity contribution in [2.75, 3.05) is 19.6 Å². The minimum Gasteiger partial charge on any atom is -0.449 e. The molecule has 1 saturated heterocycles. The predicted molar refractivity (Wildman–Crippen MR) is 67.6 cm³/mol. The van der Waals surface area contributed by atoms with Crippen LogP contribution in [0, 0.1) is 5.92 Å². The first-order chi connectivity index (χ1) is 8.19. The summed E-state index contributed by atoms with van der Waals surface area (Å²) < 4.78 is 5.48. The summed E-state index contributed by atoms with van der Waals surface area (Å²) >= 11 is 0. The quantitative estimate of drug-likeness (QED) is 0.870. The molecule has 1 aromatic heterocycles. The van der Waals surface area contributed by atoms with Gasteiger partial charge in [-0.1, -0.05) is 6.92 Å². The van der Waals surface area contributed by atoms with Crippen LogP contribution in [0.15, 0.2) is 10.7 Å². The lowest BCUT2D eigenvalue weighted by atomic mass is 9.93. The highest BCUT2D eigenvalue weighted by Crippen LogP contribution is 2.21. The van der Waals surface area contributed by atoms with Crippen molar-refractivity contribution in [2.45, 2.75) is 39.2 Å². The normalized spacial score (nSPS) is 20.6. The van der Waals surface area contributed by atoms with Crippen LogP contribution < -0.4 is 5.73 Å². The maximum atomic E-state index is 5.77. The Morgan fingerprint density at radius 2 is 2.24 bits per heavy atom. The third kappa shape index (κ3) is 3.30. The monoisotopic (exact) mass is 237 g/mol. The molecule has 0 aliphatic carbocycles. The van der Waals surface area contributed by atoms with Crippen molar-refractivity contribution in [1.29, 1.82) is 0 Å². The van der Waals surface area contributed by atoms with Crippen LogP contribution in [0.4, 0.5) is 0 Å². The number of likely N-dealkylation sites (tertiary alicyclic amines) is 1. The number of nitrogens with two attached hydrogens (primary N) is 1. The zero-order valence-electron chi connectivity index (χ0n) is 10.9. The van der Waals surface area contributed by atoms with Gasteiger partial charge in [0.05, 0.1) is 5.69 Å². The minimum atomic E-state index is -0.0329. The average Bonchev–Trinajstić information content (AvgIpc) is 2.79. The van der Waals surface area contributed by atoms with Gasteiger partial charge < -0.3 is 15.1 Å². The fraction of sp³-hybridized carbons (Fsp3) is 0.769. The van der Waals surface area contributed by atoms with Crippen molar-refractivity contribution in [3.05, 3.63) is 17.8 Å². The second-order valence-electron chi connectivity index (χ2n) is 5.04. The Morgan fingerprint density at radius 3 is 2.76 bits per heavy atom. The molecule has 1 unspecified atom stereocenters. The Bertz CT molecular complexity index is 340. The second kappa shape index (κ2) is 5.65. The van der Waals surface area contributed by atoms with Gasteiger partial charge in [-0.3, -0.25) is 0 Å². The maximum absolute atomic E-state index is 5.77. The lowest BCUT2D eigenvalue weighted by Gasteiger charge is -2.30. The van der Waals surface area contributed by atoms with E-state index in [9.17, 15) is 0 Å². The lowest BCUT2D eigenvalue weighted by molar-refractivity contribution is 0.187. The molecule has 2 N–H and O–H groups in total. The van der Waals surface area contributed by atoms with Gasteiger partial charge in [-0.05, 0) is 45.3 Å². The van der Waals surface area contributed by atoms with Gasteiger partial charge in [0.2, 0.25) is 0 Å². The number of hydrogen-bond donors (Lipinski definition) is 1. The molecule has 17 heavy (non-hydrogen) atoms. The van der Waals surface area contributed by atoms with Crippen LogP contribution in [0.5, 0.6) is 0 Å². The molecular weight excluding hydrogens is 214 g/mol. The number of nitrogens with zero attached hydrogens (tertiary/aromatic N) is 2. The molecule has 1 atom stereocenters. The molecule has 96 valence electrons. The van der Waals surface area contributed by atoms with Gasteiger partial charge in [-0.2, -0.15) is 0 Å². The maximum Gasteiger partial charge on any atom is 0.194 e.